The lowest BCUT2D eigenvalue weighted by Crippen LogP contribution is -2.19. The third-order valence-corrected chi connectivity index (χ3v) is 4.68. The number of nitrogens with zero attached hydrogens (tertiary/aromatic N) is 3. The molecule has 1 heterocycles. The zero-order valence-corrected chi connectivity index (χ0v) is 13.5. The molecule has 1 aliphatic rings. The van der Waals surface area contributed by atoms with Crippen molar-refractivity contribution in [2.75, 3.05) is 5.32 Å². The van der Waals surface area contributed by atoms with Gasteiger partial charge in [0.25, 0.3) is 0 Å². The van der Waals surface area contributed by atoms with Gasteiger partial charge in [-0.3, -0.25) is 0 Å². The molecule has 1 fully saturated rings. The summed E-state index contributed by atoms with van der Waals surface area (Å²) in [5, 5.41) is 22.2. The molecule has 2 aromatic carbocycles. The molecule has 4 heteroatoms. The predicted molar refractivity (Wildman–Crippen MR) is 95.5 cm³/mol. The van der Waals surface area contributed by atoms with Gasteiger partial charge in [0.2, 0.25) is 0 Å². The van der Waals surface area contributed by atoms with E-state index in [2.05, 4.69) is 46.7 Å². The minimum Gasteiger partial charge on any atom is -0.379 e. The number of nitriles is 1. The molecule has 4 rings (SSSR count). The lowest BCUT2D eigenvalue weighted by Gasteiger charge is -2.17. The van der Waals surface area contributed by atoms with E-state index in [1.807, 2.05) is 30.3 Å². The molecule has 0 amide bonds. The Morgan fingerprint density at radius 3 is 2.58 bits per heavy atom. The third-order valence-electron chi connectivity index (χ3n) is 4.68. The van der Waals surface area contributed by atoms with E-state index in [0.29, 0.717) is 17.7 Å². The van der Waals surface area contributed by atoms with Crippen LogP contribution in [0, 0.1) is 17.2 Å². The van der Waals surface area contributed by atoms with Crippen molar-refractivity contribution in [2.45, 2.75) is 25.8 Å². The highest BCUT2D eigenvalue weighted by Gasteiger charge is 2.28. The lowest BCUT2D eigenvalue weighted by molar-refractivity contribution is 0.694. The van der Waals surface area contributed by atoms with E-state index in [-0.39, 0.29) is 0 Å². The molecular weight excluding hydrogens is 296 g/mol. The van der Waals surface area contributed by atoms with Crippen molar-refractivity contribution in [2.24, 2.45) is 5.92 Å². The SMILES string of the molecule is CC(Nc1c(C#N)nnc2cc(-c3ccccc3)ccc12)C1CC1. The standard InChI is InChI=1S/C20H18N4/c1-13(14-7-8-14)22-20-17-10-9-16(15-5-3-2-4-6-15)11-18(17)23-24-19(20)12-21/h2-6,9-11,13-14H,7-8H2,1H3,(H,22,23). The molecule has 4 nitrogen and oxygen atoms in total. The molecule has 0 bridgehead atoms. The van der Waals surface area contributed by atoms with Crippen LogP contribution >= 0.6 is 0 Å². The van der Waals surface area contributed by atoms with Crippen LogP contribution in [0.5, 0.6) is 0 Å². The maximum absolute atomic E-state index is 9.39. The number of rotatable bonds is 4. The number of hydrogen-bond donors (Lipinski definition) is 1. The first-order valence-corrected chi connectivity index (χ1v) is 8.29. The Kier molecular flexibility index (Phi) is 3.62. The van der Waals surface area contributed by atoms with Gasteiger partial charge in [0.15, 0.2) is 5.69 Å². The highest BCUT2D eigenvalue weighted by molar-refractivity contribution is 5.95. The summed E-state index contributed by atoms with van der Waals surface area (Å²) in [6.45, 7) is 2.17. The van der Waals surface area contributed by atoms with Crippen LogP contribution in [0.15, 0.2) is 48.5 Å². The number of hydrogen-bond acceptors (Lipinski definition) is 4. The first-order chi connectivity index (χ1) is 11.8. The van der Waals surface area contributed by atoms with Crippen molar-refractivity contribution in [1.29, 1.82) is 5.26 Å². The Labute approximate surface area is 141 Å². The topological polar surface area (TPSA) is 61.6 Å². The van der Waals surface area contributed by atoms with Gasteiger partial charge in [-0.2, -0.15) is 5.26 Å². The van der Waals surface area contributed by atoms with Crippen LogP contribution in [0.25, 0.3) is 22.0 Å². The zero-order chi connectivity index (χ0) is 16.5. The van der Waals surface area contributed by atoms with Crippen molar-refractivity contribution in [3.05, 3.63) is 54.2 Å². The van der Waals surface area contributed by atoms with E-state index < -0.39 is 0 Å². The minimum absolute atomic E-state index is 0.346. The first-order valence-electron chi connectivity index (χ1n) is 8.29. The Hall–Kier alpha value is -2.93. The van der Waals surface area contributed by atoms with Gasteiger partial charge in [0.1, 0.15) is 6.07 Å². The summed E-state index contributed by atoms with van der Waals surface area (Å²) in [7, 11) is 0. The van der Waals surface area contributed by atoms with Gasteiger partial charge in [-0.25, -0.2) is 0 Å². The van der Waals surface area contributed by atoms with Crippen molar-refractivity contribution in [3.63, 3.8) is 0 Å². The van der Waals surface area contributed by atoms with Gasteiger partial charge >= 0.3 is 0 Å². The van der Waals surface area contributed by atoms with Crippen molar-refractivity contribution < 1.29 is 0 Å². The summed E-state index contributed by atoms with van der Waals surface area (Å²) in [6, 6.07) is 18.9. The minimum atomic E-state index is 0.346. The van der Waals surface area contributed by atoms with Crippen molar-refractivity contribution >= 4 is 16.6 Å². The van der Waals surface area contributed by atoms with Crippen molar-refractivity contribution in [3.8, 4) is 17.2 Å². The molecule has 0 spiro atoms. The van der Waals surface area contributed by atoms with E-state index in [1.54, 1.807) is 0 Å². The second-order valence-corrected chi connectivity index (χ2v) is 6.40. The Balaban J connectivity index is 1.80. The van der Waals surface area contributed by atoms with E-state index in [1.165, 1.54) is 12.8 Å². The first kappa shape index (κ1) is 14.6. The number of fused-ring (bicyclic) bond motifs is 1. The highest BCUT2D eigenvalue weighted by atomic mass is 15.1. The quantitative estimate of drug-likeness (QED) is 0.776. The fourth-order valence-corrected chi connectivity index (χ4v) is 3.08. The second kappa shape index (κ2) is 5.93. The molecule has 1 atom stereocenters. The number of anilines is 1. The molecule has 0 aliphatic heterocycles. The van der Waals surface area contributed by atoms with Gasteiger partial charge < -0.3 is 5.32 Å². The van der Waals surface area contributed by atoms with Crippen LogP contribution in [-0.2, 0) is 0 Å². The number of nitrogens with one attached hydrogen (secondary N) is 1. The molecule has 1 aliphatic carbocycles. The fraction of sp³-hybridized carbons (Fsp3) is 0.250. The average Bonchev–Trinajstić information content (AvgIpc) is 3.47. The summed E-state index contributed by atoms with van der Waals surface area (Å²) in [5.41, 5.74) is 4.22. The number of aromatic nitrogens is 2. The zero-order valence-electron chi connectivity index (χ0n) is 13.5. The molecule has 1 aromatic heterocycles. The van der Waals surface area contributed by atoms with E-state index in [4.69, 9.17) is 0 Å². The summed E-state index contributed by atoms with van der Waals surface area (Å²) in [5.74, 6) is 0.698. The van der Waals surface area contributed by atoms with Gasteiger partial charge in [-0.15, -0.1) is 10.2 Å². The van der Waals surface area contributed by atoms with Crippen LogP contribution in [0.1, 0.15) is 25.5 Å². The van der Waals surface area contributed by atoms with Crippen LogP contribution in [0.4, 0.5) is 5.69 Å². The predicted octanol–water partition coefficient (Wildman–Crippen LogP) is 4.38. The maximum Gasteiger partial charge on any atom is 0.186 e. The maximum atomic E-state index is 9.39. The Morgan fingerprint density at radius 1 is 1.08 bits per heavy atom. The van der Waals surface area contributed by atoms with Gasteiger partial charge in [0.05, 0.1) is 11.2 Å². The van der Waals surface area contributed by atoms with Crippen LogP contribution in [0.2, 0.25) is 0 Å². The molecule has 0 saturated heterocycles. The van der Waals surface area contributed by atoms with Crippen molar-refractivity contribution in [1.82, 2.24) is 10.2 Å². The van der Waals surface area contributed by atoms with Crippen LogP contribution in [0.3, 0.4) is 0 Å². The molecule has 1 N–H and O–H groups in total. The number of benzene rings is 2. The third kappa shape index (κ3) is 2.69. The summed E-state index contributed by atoms with van der Waals surface area (Å²) in [4.78, 5) is 0. The largest absolute Gasteiger partial charge is 0.379 e. The Morgan fingerprint density at radius 2 is 1.88 bits per heavy atom. The Bertz CT molecular complexity index is 924. The fourth-order valence-electron chi connectivity index (χ4n) is 3.08. The summed E-state index contributed by atoms with van der Waals surface area (Å²) in [6.07, 6.45) is 2.51. The van der Waals surface area contributed by atoms with Crippen LogP contribution in [-0.4, -0.2) is 16.2 Å². The van der Waals surface area contributed by atoms with E-state index >= 15 is 0 Å². The van der Waals surface area contributed by atoms with Gasteiger partial charge in [-0.05, 0) is 48.9 Å². The smallest absolute Gasteiger partial charge is 0.186 e. The van der Waals surface area contributed by atoms with E-state index in [9.17, 15) is 5.26 Å². The normalized spacial score (nSPS) is 15.0. The lowest BCUT2D eigenvalue weighted by atomic mass is 10.0. The average molecular weight is 314 g/mol. The highest BCUT2D eigenvalue weighted by Crippen LogP contribution is 2.36. The molecule has 3 aromatic rings. The second-order valence-electron chi connectivity index (χ2n) is 6.40. The molecule has 118 valence electrons. The van der Waals surface area contributed by atoms with Gasteiger partial charge in [0, 0.05) is 11.4 Å². The molecule has 1 unspecified atom stereocenters. The summed E-state index contributed by atoms with van der Waals surface area (Å²) < 4.78 is 0. The monoisotopic (exact) mass is 314 g/mol. The van der Waals surface area contributed by atoms with Gasteiger partial charge in [-0.1, -0.05) is 36.4 Å². The molecular formula is C20H18N4. The molecule has 0 radical (unpaired) electrons. The summed E-state index contributed by atoms with van der Waals surface area (Å²) >= 11 is 0. The van der Waals surface area contributed by atoms with Crippen LogP contribution < -0.4 is 5.32 Å². The molecule has 1 saturated carbocycles. The molecule has 24 heavy (non-hydrogen) atoms. The van der Waals surface area contributed by atoms with E-state index in [0.717, 1.165) is 27.7 Å².